The molecule has 0 aliphatic heterocycles. The van der Waals surface area contributed by atoms with E-state index < -0.39 is 0 Å². The first-order chi connectivity index (χ1) is 7.74. The van der Waals surface area contributed by atoms with Gasteiger partial charge in [0.2, 0.25) is 0 Å². The van der Waals surface area contributed by atoms with Crippen LogP contribution in [0.25, 0.3) is 0 Å². The zero-order valence-electron chi connectivity index (χ0n) is 8.18. The molecule has 82 valence electrons. The van der Waals surface area contributed by atoms with Gasteiger partial charge in [-0.2, -0.15) is 0 Å². The van der Waals surface area contributed by atoms with Gasteiger partial charge in [-0.15, -0.1) is 0 Å². The molecule has 5 heteroatoms. The number of nitrogens with zero attached hydrogens (tertiary/aromatic N) is 2. The summed E-state index contributed by atoms with van der Waals surface area (Å²) in [6.07, 6.45) is 6.95. The van der Waals surface area contributed by atoms with Crippen molar-refractivity contribution in [3.63, 3.8) is 0 Å². The van der Waals surface area contributed by atoms with E-state index in [-0.39, 0.29) is 0 Å². The lowest BCUT2D eigenvalue weighted by molar-refractivity contribution is 0.112. The summed E-state index contributed by atoms with van der Waals surface area (Å²) in [5, 5.41) is 1.18. The summed E-state index contributed by atoms with van der Waals surface area (Å²) in [4.78, 5) is 17.6. The fourth-order valence-electron chi connectivity index (χ4n) is 0.810. The summed E-state index contributed by atoms with van der Waals surface area (Å²) < 4.78 is 0. The van der Waals surface area contributed by atoms with Crippen LogP contribution in [0.2, 0.25) is 10.0 Å². The van der Waals surface area contributed by atoms with Gasteiger partial charge >= 0.3 is 0 Å². The molecule has 0 aromatic carbocycles. The fourth-order valence-corrected chi connectivity index (χ4v) is 1.07. The lowest BCUT2D eigenvalue weighted by atomic mass is 10.3. The number of carbonyl (C=O) groups excluding carboxylic acids is 1. The zero-order chi connectivity index (χ0) is 11.8. The average molecular weight is 255 g/mol. The molecule has 0 N–H and O–H groups in total. The van der Waals surface area contributed by atoms with E-state index in [0.29, 0.717) is 16.9 Å². The predicted molar refractivity (Wildman–Crippen MR) is 63.9 cm³/mol. The number of carbonyl (C=O) groups is 1. The average Bonchev–Trinajstić information content (AvgIpc) is 2.31. The molecule has 2 rings (SSSR count). The van der Waals surface area contributed by atoms with Crippen LogP contribution < -0.4 is 0 Å². The molecule has 0 aliphatic carbocycles. The molecule has 3 nitrogen and oxygen atoms in total. The van der Waals surface area contributed by atoms with E-state index in [9.17, 15) is 4.79 Å². The quantitative estimate of drug-likeness (QED) is 0.734. The minimum Gasteiger partial charge on any atom is -0.298 e. The zero-order valence-corrected chi connectivity index (χ0v) is 9.69. The second-order valence-corrected chi connectivity index (χ2v) is 3.52. The predicted octanol–water partition coefficient (Wildman–Crippen LogP) is 3.28. The minimum absolute atomic E-state index is 0.430. The van der Waals surface area contributed by atoms with E-state index in [1.54, 1.807) is 30.6 Å². The maximum atomic E-state index is 10.1. The molecule has 0 amide bonds. The summed E-state index contributed by atoms with van der Waals surface area (Å²) in [7, 11) is 0. The summed E-state index contributed by atoms with van der Waals surface area (Å²) in [5.74, 6) is 0. The highest BCUT2D eigenvalue weighted by Crippen LogP contribution is 2.09. The van der Waals surface area contributed by atoms with Gasteiger partial charge in [-0.05, 0) is 18.2 Å². The molecule has 0 saturated carbocycles. The largest absolute Gasteiger partial charge is 0.298 e. The van der Waals surface area contributed by atoms with Crippen LogP contribution in [0.15, 0.2) is 43.0 Å². The van der Waals surface area contributed by atoms with Gasteiger partial charge < -0.3 is 0 Å². The third kappa shape index (κ3) is 4.38. The number of hydrogen-bond acceptors (Lipinski definition) is 3. The second-order valence-electron chi connectivity index (χ2n) is 2.68. The van der Waals surface area contributed by atoms with Crippen molar-refractivity contribution in [2.24, 2.45) is 0 Å². The molecular weight excluding hydrogens is 247 g/mol. The maximum absolute atomic E-state index is 10.1. The van der Waals surface area contributed by atoms with Crippen molar-refractivity contribution in [2.45, 2.75) is 0 Å². The van der Waals surface area contributed by atoms with Crippen molar-refractivity contribution in [1.29, 1.82) is 0 Å². The second kappa shape index (κ2) is 6.93. The normalized spacial score (nSPS) is 8.88. The molecule has 0 radical (unpaired) electrons. The Labute approximate surface area is 103 Å². The molecule has 16 heavy (non-hydrogen) atoms. The van der Waals surface area contributed by atoms with Crippen LogP contribution in [0.4, 0.5) is 0 Å². The standard InChI is InChI=1S/C6H4ClNO.C5H4ClN/c7-6-1-2-8-3-5(6)4-9;6-5-1-3-7-4-2-5/h1-4H;1-4H. The first-order valence-corrected chi connectivity index (χ1v) is 5.10. The van der Waals surface area contributed by atoms with Crippen molar-refractivity contribution in [2.75, 3.05) is 0 Å². The number of aldehydes is 1. The molecule has 2 heterocycles. The Morgan fingerprint density at radius 1 is 1.00 bits per heavy atom. The Bertz CT molecular complexity index is 449. The molecule has 2 aromatic heterocycles. The van der Waals surface area contributed by atoms with Crippen LogP contribution in [0.5, 0.6) is 0 Å². The third-order valence-corrected chi connectivity index (χ3v) is 2.16. The maximum Gasteiger partial charge on any atom is 0.153 e. The van der Waals surface area contributed by atoms with Crippen molar-refractivity contribution in [3.8, 4) is 0 Å². The van der Waals surface area contributed by atoms with Crippen LogP contribution >= 0.6 is 23.2 Å². The molecule has 0 aliphatic rings. The molecule has 0 atom stereocenters. The topological polar surface area (TPSA) is 42.9 Å². The molecule has 0 spiro atoms. The van der Waals surface area contributed by atoms with Gasteiger partial charge in [-0.25, -0.2) is 0 Å². The third-order valence-electron chi connectivity index (χ3n) is 1.56. The van der Waals surface area contributed by atoms with E-state index in [1.165, 1.54) is 12.4 Å². The van der Waals surface area contributed by atoms with Gasteiger partial charge in [0.25, 0.3) is 0 Å². The van der Waals surface area contributed by atoms with Crippen molar-refractivity contribution < 1.29 is 4.79 Å². The van der Waals surface area contributed by atoms with Gasteiger partial charge in [0.1, 0.15) is 0 Å². The van der Waals surface area contributed by atoms with Gasteiger partial charge in [-0.3, -0.25) is 14.8 Å². The highest BCUT2D eigenvalue weighted by atomic mass is 35.5. The molecule has 0 saturated heterocycles. The first-order valence-electron chi connectivity index (χ1n) is 4.34. The Morgan fingerprint density at radius 3 is 2.00 bits per heavy atom. The number of halogens is 2. The minimum atomic E-state index is 0.430. The SMILES string of the molecule is Clc1ccncc1.O=Cc1cnccc1Cl. The van der Waals surface area contributed by atoms with Crippen molar-refractivity contribution in [3.05, 3.63) is 58.6 Å². The van der Waals surface area contributed by atoms with Crippen molar-refractivity contribution >= 4 is 29.5 Å². The van der Waals surface area contributed by atoms with E-state index in [2.05, 4.69) is 9.97 Å². The Morgan fingerprint density at radius 2 is 1.62 bits per heavy atom. The molecule has 2 aromatic rings. The van der Waals surface area contributed by atoms with Gasteiger partial charge in [0.15, 0.2) is 6.29 Å². The van der Waals surface area contributed by atoms with Crippen LogP contribution in [-0.2, 0) is 0 Å². The molecule has 0 fully saturated rings. The number of hydrogen-bond donors (Lipinski definition) is 0. The van der Waals surface area contributed by atoms with Gasteiger partial charge in [-0.1, -0.05) is 23.2 Å². The van der Waals surface area contributed by atoms with Crippen molar-refractivity contribution in [1.82, 2.24) is 9.97 Å². The van der Waals surface area contributed by atoms with Crippen LogP contribution in [-0.4, -0.2) is 16.3 Å². The Kier molecular flexibility index (Phi) is 5.46. The van der Waals surface area contributed by atoms with Crippen LogP contribution in [0.3, 0.4) is 0 Å². The van der Waals surface area contributed by atoms with Crippen LogP contribution in [0.1, 0.15) is 10.4 Å². The highest BCUT2D eigenvalue weighted by molar-refractivity contribution is 6.32. The molecular formula is C11H8Cl2N2O. The summed E-state index contributed by atoms with van der Waals surface area (Å²) in [6.45, 7) is 0. The lowest BCUT2D eigenvalue weighted by Crippen LogP contribution is -1.81. The van der Waals surface area contributed by atoms with Crippen LogP contribution in [0, 0.1) is 0 Å². The highest BCUT2D eigenvalue weighted by Gasteiger charge is 1.93. The smallest absolute Gasteiger partial charge is 0.153 e. The molecule has 0 unspecified atom stereocenters. The van der Waals surface area contributed by atoms with E-state index >= 15 is 0 Å². The first kappa shape index (κ1) is 12.6. The number of aromatic nitrogens is 2. The van der Waals surface area contributed by atoms with E-state index in [4.69, 9.17) is 23.2 Å². The lowest BCUT2D eigenvalue weighted by Gasteiger charge is -1.89. The fraction of sp³-hybridized carbons (Fsp3) is 0. The Hall–Kier alpha value is -1.45. The van der Waals surface area contributed by atoms with E-state index in [1.807, 2.05) is 0 Å². The van der Waals surface area contributed by atoms with Gasteiger partial charge in [0.05, 0.1) is 10.6 Å². The summed E-state index contributed by atoms with van der Waals surface area (Å²) in [6, 6.07) is 5.05. The Balaban J connectivity index is 0.000000165. The number of rotatable bonds is 1. The summed E-state index contributed by atoms with van der Waals surface area (Å²) in [5.41, 5.74) is 0.430. The summed E-state index contributed by atoms with van der Waals surface area (Å²) >= 11 is 11.1. The molecule has 0 bridgehead atoms. The monoisotopic (exact) mass is 254 g/mol. The number of pyridine rings is 2. The van der Waals surface area contributed by atoms with Gasteiger partial charge in [0, 0.05) is 29.8 Å². The van der Waals surface area contributed by atoms with E-state index in [0.717, 1.165) is 5.02 Å².